The van der Waals surface area contributed by atoms with E-state index in [0.717, 1.165) is 43.1 Å². The van der Waals surface area contributed by atoms with Crippen molar-refractivity contribution in [1.82, 2.24) is 20.0 Å². The van der Waals surface area contributed by atoms with Crippen molar-refractivity contribution in [2.24, 2.45) is 0 Å². The molecule has 0 radical (unpaired) electrons. The van der Waals surface area contributed by atoms with E-state index in [9.17, 15) is 9.18 Å². The number of aromatic nitrogens is 2. The summed E-state index contributed by atoms with van der Waals surface area (Å²) in [6.07, 6.45) is 3.67. The Morgan fingerprint density at radius 2 is 1.85 bits per heavy atom. The van der Waals surface area contributed by atoms with Gasteiger partial charge in [0.2, 0.25) is 0 Å². The number of nitrogens with zero attached hydrogens (tertiary/aromatic N) is 3. The van der Waals surface area contributed by atoms with Crippen molar-refractivity contribution in [2.75, 3.05) is 13.2 Å². The van der Waals surface area contributed by atoms with Gasteiger partial charge in [-0.05, 0) is 31.4 Å². The molecule has 3 heterocycles. The van der Waals surface area contributed by atoms with Crippen molar-refractivity contribution in [3.05, 3.63) is 65.6 Å². The number of amides is 1. The van der Waals surface area contributed by atoms with Gasteiger partial charge in [-0.3, -0.25) is 14.4 Å². The second kappa shape index (κ2) is 9.61. The molecule has 5 rings (SSSR count). The van der Waals surface area contributed by atoms with Crippen molar-refractivity contribution in [3.63, 3.8) is 0 Å². The van der Waals surface area contributed by atoms with E-state index in [4.69, 9.17) is 4.74 Å². The molecule has 2 bridgehead atoms. The van der Waals surface area contributed by atoms with Crippen LogP contribution in [-0.2, 0) is 17.8 Å². The van der Waals surface area contributed by atoms with E-state index in [0.29, 0.717) is 31.0 Å². The van der Waals surface area contributed by atoms with Crippen molar-refractivity contribution in [1.29, 1.82) is 0 Å². The van der Waals surface area contributed by atoms with Crippen LogP contribution >= 0.6 is 0 Å². The molecule has 1 amide bonds. The number of nitrogens with one attached hydrogen (secondary N) is 1. The van der Waals surface area contributed by atoms with E-state index >= 15 is 0 Å². The molecule has 2 atom stereocenters. The molecule has 6 nitrogen and oxygen atoms in total. The van der Waals surface area contributed by atoms with E-state index in [1.165, 1.54) is 6.07 Å². The summed E-state index contributed by atoms with van der Waals surface area (Å²) >= 11 is 0. The molecule has 0 spiro atoms. The zero-order valence-corrected chi connectivity index (χ0v) is 19.0. The van der Waals surface area contributed by atoms with Gasteiger partial charge in [-0.2, -0.15) is 5.10 Å². The number of para-hydroxylation sites is 1. The lowest BCUT2D eigenvalue weighted by molar-refractivity contribution is -0.0846. The van der Waals surface area contributed by atoms with Gasteiger partial charge in [-0.25, -0.2) is 4.39 Å². The number of benzene rings is 2. The molecular formula is C26H31FN4O2. The Kier molecular flexibility index (Phi) is 6.42. The summed E-state index contributed by atoms with van der Waals surface area (Å²) in [5.74, 6) is -0.287. The number of hydrogen-bond acceptors (Lipinski definition) is 4. The Morgan fingerprint density at radius 1 is 1.12 bits per heavy atom. The van der Waals surface area contributed by atoms with E-state index in [1.54, 1.807) is 6.07 Å². The van der Waals surface area contributed by atoms with Crippen molar-refractivity contribution in [2.45, 2.75) is 63.8 Å². The highest BCUT2D eigenvalue weighted by Gasteiger charge is 2.40. The predicted octanol–water partition coefficient (Wildman–Crippen LogP) is 4.14. The summed E-state index contributed by atoms with van der Waals surface area (Å²) in [5.41, 5.74) is 2.21. The average molecular weight is 451 g/mol. The first-order valence-electron chi connectivity index (χ1n) is 12.0. The number of carbonyl (C=O) groups is 1. The van der Waals surface area contributed by atoms with Gasteiger partial charge in [0, 0.05) is 42.2 Å². The molecule has 2 unspecified atom stereocenters. The van der Waals surface area contributed by atoms with Crippen LogP contribution in [0.4, 0.5) is 4.39 Å². The molecule has 174 valence electrons. The van der Waals surface area contributed by atoms with Crippen LogP contribution in [0.5, 0.6) is 0 Å². The molecule has 1 N–H and O–H groups in total. The number of rotatable bonds is 7. The maximum Gasteiger partial charge on any atom is 0.272 e. The maximum absolute atomic E-state index is 14.2. The van der Waals surface area contributed by atoms with Crippen LogP contribution in [0.1, 0.15) is 48.7 Å². The van der Waals surface area contributed by atoms with Gasteiger partial charge in [-0.15, -0.1) is 0 Å². The fraction of sp³-hybridized carbons (Fsp3) is 0.462. The minimum atomic E-state index is -0.169. The van der Waals surface area contributed by atoms with Crippen LogP contribution in [0, 0.1) is 5.82 Å². The van der Waals surface area contributed by atoms with Crippen molar-refractivity contribution < 1.29 is 13.9 Å². The van der Waals surface area contributed by atoms with E-state index in [1.807, 2.05) is 41.1 Å². The Labute approximate surface area is 193 Å². The van der Waals surface area contributed by atoms with E-state index in [-0.39, 0.29) is 29.8 Å². The number of unbranched alkanes of at least 4 members (excludes halogenated alkanes) is 1. The van der Waals surface area contributed by atoms with E-state index in [2.05, 4.69) is 22.2 Å². The topological polar surface area (TPSA) is 59.4 Å². The Balaban J connectivity index is 1.30. The highest BCUT2D eigenvalue weighted by Crippen LogP contribution is 2.30. The summed E-state index contributed by atoms with van der Waals surface area (Å²) < 4.78 is 22.0. The van der Waals surface area contributed by atoms with Gasteiger partial charge in [0.25, 0.3) is 5.91 Å². The van der Waals surface area contributed by atoms with Crippen LogP contribution in [0.2, 0.25) is 0 Å². The highest BCUT2D eigenvalue weighted by molar-refractivity contribution is 6.05. The van der Waals surface area contributed by atoms with Gasteiger partial charge < -0.3 is 10.1 Å². The third-order valence-electron chi connectivity index (χ3n) is 6.91. The molecule has 0 saturated carbocycles. The summed E-state index contributed by atoms with van der Waals surface area (Å²) in [4.78, 5) is 15.6. The van der Waals surface area contributed by atoms with Gasteiger partial charge in [0.05, 0.1) is 18.7 Å². The van der Waals surface area contributed by atoms with Crippen molar-refractivity contribution in [3.8, 4) is 0 Å². The van der Waals surface area contributed by atoms with Crippen molar-refractivity contribution >= 4 is 16.8 Å². The quantitative estimate of drug-likeness (QED) is 0.588. The van der Waals surface area contributed by atoms with Crippen LogP contribution in [0.15, 0.2) is 48.5 Å². The number of hydrogen-bond donors (Lipinski definition) is 1. The second-order valence-corrected chi connectivity index (χ2v) is 9.19. The number of aryl methyl sites for hydroxylation is 1. The zero-order valence-electron chi connectivity index (χ0n) is 19.0. The molecule has 2 aliphatic rings. The Hall–Kier alpha value is -2.77. The number of ether oxygens (including phenoxy) is 1. The first-order chi connectivity index (χ1) is 16.1. The SMILES string of the molecule is CCCCn1nc(C(=O)NC2CC3COCC(C2)N3Cc2ccccc2F)c2ccccc21. The van der Waals surface area contributed by atoms with Crippen LogP contribution in [0.25, 0.3) is 10.9 Å². The Bertz CT molecular complexity index is 1120. The van der Waals surface area contributed by atoms with Crippen LogP contribution in [-0.4, -0.2) is 51.9 Å². The monoisotopic (exact) mass is 450 g/mol. The molecule has 2 aliphatic heterocycles. The minimum absolute atomic E-state index is 0.0489. The number of carbonyl (C=O) groups excluding carboxylic acids is 1. The largest absolute Gasteiger partial charge is 0.378 e. The standard InChI is InChI=1S/C26H31FN4O2/c1-2-3-12-31-24-11-7-5-9-22(24)25(29-31)26(32)28-19-13-20-16-33-17-21(14-19)30(20)15-18-8-4-6-10-23(18)27/h4-11,19-21H,2-3,12-17H2,1H3,(H,28,32). The first kappa shape index (κ1) is 22.0. The summed E-state index contributed by atoms with van der Waals surface area (Å²) in [6, 6.07) is 15.2. The molecule has 2 saturated heterocycles. The smallest absolute Gasteiger partial charge is 0.272 e. The minimum Gasteiger partial charge on any atom is -0.378 e. The summed E-state index contributed by atoms with van der Waals surface area (Å²) in [7, 11) is 0. The number of fused-ring (bicyclic) bond motifs is 3. The summed E-state index contributed by atoms with van der Waals surface area (Å²) in [6.45, 7) is 4.73. The highest BCUT2D eigenvalue weighted by atomic mass is 19.1. The molecular weight excluding hydrogens is 419 g/mol. The number of piperidine rings is 1. The molecule has 0 aliphatic carbocycles. The molecule has 3 aromatic rings. The zero-order chi connectivity index (χ0) is 22.8. The van der Waals surface area contributed by atoms with E-state index < -0.39 is 0 Å². The molecule has 1 aromatic heterocycles. The lowest BCUT2D eigenvalue weighted by Gasteiger charge is -2.48. The number of halogens is 1. The first-order valence-corrected chi connectivity index (χ1v) is 12.0. The Morgan fingerprint density at radius 3 is 2.61 bits per heavy atom. The van der Waals surface area contributed by atoms with Crippen LogP contribution < -0.4 is 5.32 Å². The predicted molar refractivity (Wildman–Crippen MR) is 125 cm³/mol. The lowest BCUT2D eigenvalue weighted by atomic mass is 9.89. The molecule has 7 heteroatoms. The van der Waals surface area contributed by atoms with Crippen LogP contribution in [0.3, 0.4) is 0 Å². The maximum atomic E-state index is 14.2. The fourth-order valence-electron chi connectivity index (χ4n) is 5.22. The average Bonchev–Trinajstić information content (AvgIpc) is 3.18. The lowest BCUT2D eigenvalue weighted by Crippen LogP contribution is -2.60. The fourth-order valence-corrected chi connectivity index (χ4v) is 5.22. The molecule has 2 fully saturated rings. The van der Waals surface area contributed by atoms with Gasteiger partial charge in [0.15, 0.2) is 5.69 Å². The summed E-state index contributed by atoms with van der Waals surface area (Å²) in [5, 5.41) is 8.82. The van der Waals surface area contributed by atoms with Gasteiger partial charge in [-0.1, -0.05) is 49.7 Å². The third kappa shape index (κ3) is 4.52. The third-order valence-corrected chi connectivity index (χ3v) is 6.91. The molecule has 2 aromatic carbocycles. The molecule has 33 heavy (non-hydrogen) atoms. The normalized spacial score (nSPS) is 23.0. The number of morpholine rings is 1. The second-order valence-electron chi connectivity index (χ2n) is 9.19. The van der Waals surface area contributed by atoms with Gasteiger partial charge in [0.1, 0.15) is 5.82 Å². The van der Waals surface area contributed by atoms with Gasteiger partial charge >= 0.3 is 0 Å².